The van der Waals surface area contributed by atoms with E-state index in [1.54, 1.807) is 13.8 Å². The molecule has 3 fully saturated rings. The molecule has 6 heterocycles. The van der Waals surface area contributed by atoms with E-state index in [0.29, 0.717) is 35.5 Å². The molecule has 2 atom stereocenters. The van der Waals surface area contributed by atoms with Crippen molar-refractivity contribution in [3.63, 3.8) is 0 Å². The van der Waals surface area contributed by atoms with E-state index in [2.05, 4.69) is 36.6 Å². The fourth-order valence-corrected chi connectivity index (χ4v) is 5.18. The summed E-state index contributed by atoms with van der Waals surface area (Å²) >= 11 is 0. The van der Waals surface area contributed by atoms with E-state index in [0.717, 1.165) is 42.0 Å². The molecule has 0 amide bonds. The minimum Gasteiger partial charge on any atom is -0.508 e. The molecule has 2 bridgehead atoms. The van der Waals surface area contributed by atoms with Gasteiger partial charge in [0.25, 0.3) is 0 Å². The Morgan fingerprint density at radius 2 is 1.92 bits per heavy atom. The van der Waals surface area contributed by atoms with Gasteiger partial charge in [-0.25, -0.2) is 19.3 Å². The minimum absolute atomic E-state index is 0.137. The number of phenols is 1. The second-order valence-corrected chi connectivity index (χ2v) is 10.3. The molecule has 8 nitrogen and oxygen atoms in total. The normalized spacial score (nSPS) is 19.4. The highest BCUT2D eigenvalue weighted by molar-refractivity contribution is 5.91. The summed E-state index contributed by atoms with van der Waals surface area (Å²) in [7, 11) is 0. The number of piperidine rings is 1. The Balaban J connectivity index is 1.17. The van der Waals surface area contributed by atoms with Gasteiger partial charge >= 0.3 is 0 Å². The van der Waals surface area contributed by atoms with Crippen LogP contribution >= 0.6 is 0 Å². The third-order valence-electron chi connectivity index (χ3n) is 7.01. The fraction of sp³-hybridized carbons (Fsp3) is 0.321. The summed E-state index contributed by atoms with van der Waals surface area (Å²) < 4.78 is 13.6. The van der Waals surface area contributed by atoms with Crippen LogP contribution in [0.5, 0.6) is 5.75 Å². The van der Waals surface area contributed by atoms with Crippen molar-refractivity contribution < 1.29 is 14.6 Å². The van der Waals surface area contributed by atoms with E-state index >= 15 is 0 Å². The number of aromatic amines is 1. The van der Waals surface area contributed by atoms with Crippen LogP contribution in [0.3, 0.4) is 0 Å². The Bertz CT molecular complexity index is 1520. The van der Waals surface area contributed by atoms with E-state index < -0.39 is 5.60 Å². The van der Waals surface area contributed by atoms with E-state index in [1.165, 1.54) is 24.5 Å². The molecule has 1 aromatic carbocycles. The van der Waals surface area contributed by atoms with Crippen LogP contribution in [0.15, 0.2) is 48.9 Å². The van der Waals surface area contributed by atoms with Crippen LogP contribution in [0.25, 0.3) is 22.3 Å². The van der Waals surface area contributed by atoms with Gasteiger partial charge in [-0.1, -0.05) is 5.92 Å². The largest absolute Gasteiger partial charge is 0.508 e. The highest BCUT2D eigenvalue weighted by atomic mass is 19.1. The molecule has 9 heteroatoms. The number of anilines is 1. The smallest absolute Gasteiger partial charge is 0.142 e. The first-order valence-corrected chi connectivity index (χ1v) is 12.3. The molecule has 3 N–H and O–H groups in total. The molecule has 188 valence electrons. The van der Waals surface area contributed by atoms with E-state index in [9.17, 15) is 14.6 Å². The van der Waals surface area contributed by atoms with Gasteiger partial charge in [-0.15, -0.1) is 0 Å². The quantitative estimate of drug-likeness (QED) is 0.371. The summed E-state index contributed by atoms with van der Waals surface area (Å²) in [5, 5.41) is 20.8. The van der Waals surface area contributed by atoms with Gasteiger partial charge < -0.3 is 20.1 Å². The van der Waals surface area contributed by atoms with E-state index in [1.807, 2.05) is 24.4 Å². The number of hydrogen-bond donors (Lipinski definition) is 3. The molecule has 0 radical (unpaired) electrons. The SMILES string of the molecule is CC(C)(O)C#Cc1cc2c(-c3ccc(N4CC5CC(C4)N5Cc4cc(F)ccc4O)nc3)ncnc2[nH]1. The number of H-pyrrole nitrogens is 1. The maximum absolute atomic E-state index is 13.6. The Morgan fingerprint density at radius 1 is 1.11 bits per heavy atom. The number of benzene rings is 1. The summed E-state index contributed by atoms with van der Waals surface area (Å²) in [4.78, 5) is 21.3. The number of aromatic hydroxyl groups is 1. The molecule has 2 unspecified atom stereocenters. The van der Waals surface area contributed by atoms with Crippen molar-refractivity contribution in [3.05, 3.63) is 66.0 Å². The number of pyridine rings is 1. The lowest BCUT2D eigenvalue weighted by Crippen LogP contribution is -2.68. The van der Waals surface area contributed by atoms with Crippen molar-refractivity contribution in [2.24, 2.45) is 0 Å². The molecule has 4 aromatic rings. The Kier molecular flexibility index (Phi) is 5.59. The number of hydrogen-bond acceptors (Lipinski definition) is 7. The molecule has 0 aliphatic carbocycles. The van der Waals surface area contributed by atoms with Gasteiger partial charge in [0, 0.05) is 54.4 Å². The molecule has 0 saturated carbocycles. The molecule has 37 heavy (non-hydrogen) atoms. The maximum Gasteiger partial charge on any atom is 0.142 e. The van der Waals surface area contributed by atoms with Gasteiger partial charge in [0.1, 0.15) is 35.0 Å². The number of rotatable bonds is 4. The summed E-state index contributed by atoms with van der Waals surface area (Å²) in [6, 6.07) is 10.7. The zero-order valence-corrected chi connectivity index (χ0v) is 20.6. The third-order valence-corrected chi connectivity index (χ3v) is 7.01. The highest BCUT2D eigenvalue weighted by Gasteiger charge is 2.44. The van der Waals surface area contributed by atoms with E-state index in [4.69, 9.17) is 4.98 Å². The summed E-state index contributed by atoms with van der Waals surface area (Å²) in [6.07, 6.45) is 4.43. The van der Waals surface area contributed by atoms with Gasteiger partial charge in [-0.3, -0.25) is 4.90 Å². The second kappa shape index (κ2) is 8.83. The van der Waals surface area contributed by atoms with E-state index in [-0.39, 0.29) is 11.6 Å². The standard InChI is InChI=1S/C28H27FN6O2/c1-28(2,37)8-7-20-10-23-26(31-16-32-27(23)33-20)17-3-6-25(30-12-17)34-14-21-11-22(15-34)35(21)13-18-9-19(29)4-5-24(18)36/h3-6,9-10,12,16,21-22,36-37H,11,13-15H2,1-2H3,(H,31,32,33). The van der Waals surface area contributed by atoms with Crippen LogP contribution in [0.4, 0.5) is 10.2 Å². The minimum atomic E-state index is -1.08. The van der Waals surface area contributed by atoms with Crippen LogP contribution < -0.4 is 4.90 Å². The molecular weight excluding hydrogens is 471 g/mol. The van der Waals surface area contributed by atoms with Gasteiger partial charge in [-0.2, -0.15) is 0 Å². The number of fused-ring (bicyclic) bond motifs is 3. The first-order chi connectivity index (χ1) is 17.7. The summed E-state index contributed by atoms with van der Waals surface area (Å²) in [5.41, 5.74) is 2.52. The number of aromatic nitrogens is 4. The number of halogens is 1. The average Bonchev–Trinajstić information content (AvgIpc) is 3.31. The Labute approximate surface area is 213 Å². The molecule has 3 saturated heterocycles. The summed E-state index contributed by atoms with van der Waals surface area (Å²) in [5.74, 6) is 6.47. The van der Waals surface area contributed by atoms with Crippen molar-refractivity contribution in [1.82, 2.24) is 24.8 Å². The number of nitrogens with zero attached hydrogens (tertiary/aromatic N) is 5. The molecule has 7 rings (SSSR count). The average molecular weight is 499 g/mol. The number of phenolic OH excluding ortho intramolecular Hbond substituents is 1. The predicted octanol–water partition coefficient (Wildman–Crippen LogP) is 3.45. The molecule has 3 aliphatic rings. The van der Waals surface area contributed by atoms with Crippen molar-refractivity contribution in [2.45, 2.75) is 44.5 Å². The zero-order chi connectivity index (χ0) is 25.7. The van der Waals surface area contributed by atoms with Crippen molar-refractivity contribution in [3.8, 4) is 28.8 Å². The fourth-order valence-electron chi connectivity index (χ4n) is 5.18. The number of aliphatic hydroxyl groups is 1. The Morgan fingerprint density at radius 3 is 2.65 bits per heavy atom. The number of piperazine rings is 1. The van der Waals surface area contributed by atoms with Crippen molar-refractivity contribution in [2.75, 3.05) is 18.0 Å². The molecule has 0 spiro atoms. The van der Waals surface area contributed by atoms with Gasteiger partial charge in [0.05, 0.1) is 11.4 Å². The number of nitrogens with one attached hydrogen (secondary N) is 1. The maximum atomic E-state index is 13.6. The highest BCUT2D eigenvalue weighted by Crippen LogP contribution is 2.37. The van der Waals surface area contributed by atoms with Crippen LogP contribution in [0.2, 0.25) is 0 Å². The lowest BCUT2D eigenvalue weighted by atomic mass is 9.86. The lowest BCUT2D eigenvalue weighted by Gasteiger charge is -2.56. The first kappa shape index (κ1) is 23.4. The second-order valence-electron chi connectivity index (χ2n) is 10.3. The van der Waals surface area contributed by atoms with Gasteiger partial charge in [0.2, 0.25) is 0 Å². The van der Waals surface area contributed by atoms with Crippen molar-refractivity contribution in [1.29, 1.82) is 0 Å². The molecular formula is C28H27FN6O2. The van der Waals surface area contributed by atoms with Crippen LogP contribution in [0.1, 0.15) is 31.5 Å². The summed E-state index contributed by atoms with van der Waals surface area (Å²) in [6.45, 7) is 5.48. The van der Waals surface area contributed by atoms with Crippen LogP contribution in [-0.2, 0) is 6.54 Å². The van der Waals surface area contributed by atoms with Crippen molar-refractivity contribution >= 4 is 16.9 Å². The van der Waals surface area contributed by atoms with Crippen LogP contribution in [-0.4, -0.2) is 65.8 Å². The van der Waals surface area contributed by atoms with Gasteiger partial charge in [-0.05, 0) is 62.6 Å². The molecule has 3 aliphatic heterocycles. The lowest BCUT2D eigenvalue weighted by molar-refractivity contribution is -0.00921. The topological polar surface area (TPSA) is 101 Å². The Hall–Kier alpha value is -4.00. The predicted molar refractivity (Wildman–Crippen MR) is 138 cm³/mol. The molecule has 3 aromatic heterocycles. The van der Waals surface area contributed by atoms with Gasteiger partial charge in [0.15, 0.2) is 0 Å². The van der Waals surface area contributed by atoms with Crippen LogP contribution in [0, 0.1) is 17.7 Å². The first-order valence-electron chi connectivity index (χ1n) is 12.3. The monoisotopic (exact) mass is 498 g/mol. The third kappa shape index (κ3) is 4.61. The zero-order valence-electron chi connectivity index (χ0n) is 20.6.